The van der Waals surface area contributed by atoms with E-state index in [1.54, 1.807) is 6.08 Å². The predicted octanol–water partition coefficient (Wildman–Crippen LogP) is 4.05. The Morgan fingerprint density at radius 1 is 1.18 bits per heavy atom. The lowest BCUT2D eigenvalue weighted by Gasteiger charge is -1.94. The van der Waals surface area contributed by atoms with Crippen molar-refractivity contribution >= 4 is 6.29 Å². The lowest BCUT2D eigenvalue weighted by atomic mass is 10.1. The quantitative estimate of drug-likeness (QED) is 0.315. The van der Waals surface area contributed by atoms with E-state index in [2.05, 4.69) is 26.8 Å². The molecule has 2 nitrogen and oxygen atoms in total. The molecule has 0 saturated carbocycles. The normalized spacial score (nSPS) is 10.3. The molecule has 0 aromatic rings. The van der Waals surface area contributed by atoms with Crippen LogP contribution in [-0.4, -0.2) is 18.0 Å². The van der Waals surface area contributed by atoms with Crippen LogP contribution >= 0.6 is 0 Å². The smallest absolute Gasteiger partial charge is 0.142 e. The molecule has 0 unspecified atom stereocenters. The summed E-state index contributed by atoms with van der Waals surface area (Å²) in [6, 6.07) is 0. The highest BCUT2D eigenvalue weighted by molar-refractivity contribution is 5.65. The van der Waals surface area contributed by atoms with Crippen LogP contribution in [0.5, 0.6) is 0 Å². The van der Waals surface area contributed by atoms with Crippen molar-refractivity contribution in [1.29, 1.82) is 0 Å². The second kappa shape index (κ2) is 15.1. The number of carbonyl (C=O) groups is 1. The Bertz CT molecular complexity index is 219. The van der Waals surface area contributed by atoms with Crippen molar-refractivity contribution in [1.82, 2.24) is 0 Å². The third-order valence-corrected chi connectivity index (χ3v) is 2.21. The molecule has 100 valence electrons. The number of carbonyl (C=O) groups excluding carboxylic acids is 1. The summed E-state index contributed by atoms with van der Waals surface area (Å²) in [5.41, 5.74) is 2.49. The number of aliphatic hydroxyl groups is 1. The highest BCUT2D eigenvalue weighted by Crippen LogP contribution is 2.05. The molecule has 0 aliphatic heterocycles. The molecule has 0 spiro atoms. The van der Waals surface area contributed by atoms with Gasteiger partial charge >= 0.3 is 0 Å². The lowest BCUT2D eigenvalue weighted by molar-refractivity contribution is -0.104. The molecule has 0 amide bonds. The van der Waals surface area contributed by atoms with E-state index in [0.717, 1.165) is 37.5 Å². The van der Waals surface area contributed by atoms with Crippen LogP contribution in [0.3, 0.4) is 0 Å². The van der Waals surface area contributed by atoms with Crippen LogP contribution in [0, 0.1) is 0 Å². The van der Waals surface area contributed by atoms with Gasteiger partial charge in [0.25, 0.3) is 0 Å². The highest BCUT2D eigenvalue weighted by atomic mass is 16.2. The fourth-order valence-corrected chi connectivity index (χ4v) is 1.15. The maximum absolute atomic E-state index is 10.0. The van der Waals surface area contributed by atoms with Crippen molar-refractivity contribution in [2.24, 2.45) is 0 Å². The van der Waals surface area contributed by atoms with E-state index in [4.69, 9.17) is 5.11 Å². The largest absolute Gasteiger partial charge is 0.396 e. The second-order valence-electron chi connectivity index (χ2n) is 4.40. The van der Waals surface area contributed by atoms with Gasteiger partial charge in [-0.15, -0.1) is 0 Å². The maximum atomic E-state index is 10.0. The van der Waals surface area contributed by atoms with E-state index >= 15 is 0 Å². The minimum atomic E-state index is 0.355. The summed E-state index contributed by atoms with van der Waals surface area (Å²) in [7, 11) is 0. The molecule has 0 aromatic carbocycles. The zero-order valence-electron chi connectivity index (χ0n) is 11.8. The summed E-state index contributed by atoms with van der Waals surface area (Å²) in [5.74, 6) is 0. The van der Waals surface area contributed by atoms with E-state index in [9.17, 15) is 4.79 Å². The molecule has 2 heteroatoms. The van der Waals surface area contributed by atoms with Crippen molar-refractivity contribution < 1.29 is 9.90 Å². The fraction of sp³-hybridized carbons (Fsp3) is 0.667. The molecule has 0 saturated heterocycles. The second-order valence-corrected chi connectivity index (χ2v) is 4.40. The molecule has 17 heavy (non-hydrogen) atoms. The summed E-state index contributed by atoms with van der Waals surface area (Å²) in [4.78, 5) is 10.0. The molecular formula is C15H28O2. The zero-order chi connectivity index (χ0) is 13.5. The number of hydrogen-bond donors (Lipinski definition) is 1. The maximum Gasteiger partial charge on any atom is 0.142 e. The number of aliphatic hydroxyl groups excluding tert-OH is 1. The first-order chi connectivity index (χ1) is 8.08. The van der Waals surface area contributed by atoms with Gasteiger partial charge in [-0.05, 0) is 46.1 Å². The molecule has 0 radical (unpaired) electrons. The first-order valence-electron chi connectivity index (χ1n) is 6.43. The monoisotopic (exact) mass is 240 g/mol. The molecule has 0 bridgehead atoms. The van der Waals surface area contributed by atoms with Crippen LogP contribution in [0.1, 0.15) is 59.8 Å². The Balaban J connectivity index is 0. The van der Waals surface area contributed by atoms with Crippen LogP contribution in [0.15, 0.2) is 23.3 Å². The van der Waals surface area contributed by atoms with E-state index in [1.807, 2.05) is 6.92 Å². The fourth-order valence-electron chi connectivity index (χ4n) is 1.15. The minimum absolute atomic E-state index is 0.355. The highest BCUT2D eigenvalue weighted by Gasteiger charge is 1.86. The van der Waals surface area contributed by atoms with E-state index in [0.29, 0.717) is 6.61 Å². The average molecular weight is 240 g/mol. The van der Waals surface area contributed by atoms with E-state index in [-0.39, 0.29) is 0 Å². The van der Waals surface area contributed by atoms with Gasteiger partial charge in [0.2, 0.25) is 0 Å². The van der Waals surface area contributed by atoms with Gasteiger partial charge in [0.05, 0.1) is 0 Å². The number of rotatable bonds is 7. The van der Waals surface area contributed by atoms with Crippen molar-refractivity contribution in [3.63, 3.8) is 0 Å². The standard InChI is InChI=1S/C10H16O.C5H12O/c1-9(2)5-4-6-10(3)7-8-11;1-2-3-4-5-6/h5,7-8H,4,6H2,1-3H3;6H,2-5H2,1H3. The number of allylic oxidation sites excluding steroid dienone is 4. The third kappa shape index (κ3) is 21.0. The van der Waals surface area contributed by atoms with Gasteiger partial charge in [-0.1, -0.05) is 37.0 Å². The molecule has 0 aromatic heterocycles. The van der Waals surface area contributed by atoms with Crippen LogP contribution in [-0.2, 0) is 4.79 Å². The van der Waals surface area contributed by atoms with E-state index in [1.165, 1.54) is 12.0 Å². The Hall–Kier alpha value is -0.890. The van der Waals surface area contributed by atoms with Gasteiger partial charge in [0, 0.05) is 6.61 Å². The minimum Gasteiger partial charge on any atom is -0.396 e. The third-order valence-electron chi connectivity index (χ3n) is 2.21. The molecule has 0 heterocycles. The molecule has 0 rings (SSSR count). The van der Waals surface area contributed by atoms with Crippen LogP contribution in [0.25, 0.3) is 0 Å². The van der Waals surface area contributed by atoms with Gasteiger partial charge in [-0.2, -0.15) is 0 Å². The van der Waals surface area contributed by atoms with E-state index < -0.39 is 0 Å². The first kappa shape index (κ1) is 18.5. The van der Waals surface area contributed by atoms with Crippen molar-refractivity contribution in [2.75, 3.05) is 6.61 Å². The van der Waals surface area contributed by atoms with Gasteiger partial charge in [0.15, 0.2) is 0 Å². The Morgan fingerprint density at radius 3 is 2.18 bits per heavy atom. The summed E-state index contributed by atoms with van der Waals surface area (Å²) in [6.45, 7) is 8.62. The Kier molecular flexibility index (Phi) is 16.4. The predicted molar refractivity (Wildman–Crippen MR) is 75.1 cm³/mol. The van der Waals surface area contributed by atoms with Crippen LogP contribution in [0.4, 0.5) is 0 Å². The number of unbranched alkanes of at least 4 members (excludes halogenated alkanes) is 2. The SMILES string of the molecule is CC(C)=CCCC(C)=CC=O.CCCCCO. The van der Waals surface area contributed by atoms with Crippen molar-refractivity contribution in [2.45, 2.75) is 59.8 Å². The van der Waals surface area contributed by atoms with Gasteiger partial charge in [0.1, 0.15) is 6.29 Å². The molecular weight excluding hydrogens is 212 g/mol. The zero-order valence-corrected chi connectivity index (χ0v) is 11.8. The van der Waals surface area contributed by atoms with Crippen molar-refractivity contribution in [3.05, 3.63) is 23.3 Å². The summed E-state index contributed by atoms with van der Waals surface area (Å²) < 4.78 is 0. The molecule has 1 N–H and O–H groups in total. The molecule has 0 aliphatic carbocycles. The number of aldehydes is 1. The first-order valence-corrected chi connectivity index (χ1v) is 6.43. The van der Waals surface area contributed by atoms with Gasteiger partial charge in [-0.25, -0.2) is 0 Å². The molecule has 0 fully saturated rings. The number of hydrogen-bond acceptors (Lipinski definition) is 2. The van der Waals surface area contributed by atoms with Crippen molar-refractivity contribution in [3.8, 4) is 0 Å². The summed E-state index contributed by atoms with van der Waals surface area (Å²) in [5, 5.41) is 8.20. The lowest BCUT2D eigenvalue weighted by Crippen LogP contribution is -1.78. The summed E-state index contributed by atoms with van der Waals surface area (Å²) in [6.07, 6.45) is 10.0. The van der Waals surface area contributed by atoms with Crippen LogP contribution < -0.4 is 0 Å². The Labute approximate surface area is 106 Å². The summed E-state index contributed by atoms with van der Waals surface area (Å²) >= 11 is 0. The molecule has 0 aliphatic rings. The molecule has 0 atom stereocenters. The average Bonchev–Trinajstić information content (AvgIpc) is 2.27. The van der Waals surface area contributed by atoms with Crippen LogP contribution in [0.2, 0.25) is 0 Å². The van der Waals surface area contributed by atoms with Gasteiger partial charge in [-0.3, -0.25) is 4.79 Å². The Morgan fingerprint density at radius 2 is 1.82 bits per heavy atom. The topological polar surface area (TPSA) is 37.3 Å². The van der Waals surface area contributed by atoms with Gasteiger partial charge < -0.3 is 5.11 Å².